The van der Waals surface area contributed by atoms with Crippen LogP contribution in [0.25, 0.3) is 0 Å². The third-order valence-corrected chi connectivity index (χ3v) is 3.62. The molecule has 1 heterocycles. The van der Waals surface area contributed by atoms with E-state index in [0.717, 1.165) is 6.42 Å². The minimum absolute atomic E-state index is 0.0450. The van der Waals surface area contributed by atoms with Crippen molar-refractivity contribution < 1.29 is 14.3 Å². The molecule has 0 saturated carbocycles. The monoisotopic (exact) mass is 285 g/mol. The Balaban J connectivity index is 2.61. The van der Waals surface area contributed by atoms with E-state index in [-0.39, 0.29) is 11.8 Å². The Morgan fingerprint density at radius 3 is 2.45 bits per heavy atom. The van der Waals surface area contributed by atoms with Crippen molar-refractivity contribution in [3.63, 3.8) is 0 Å². The van der Waals surface area contributed by atoms with Gasteiger partial charge < -0.3 is 20.7 Å². The van der Waals surface area contributed by atoms with Gasteiger partial charge in [-0.1, -0.05) is 20.3 Å². The number of morpholine rings is 1. The summed E-state index contributed by atoms with van der Waals surface area (Å²) >= 11 is 0. The average Bonchev–Trinajstić information content (AvgIpc) is 2.44. The van der Waals surface area contributed by atoms with Crippen molar-refractivity contribution in [3.05, 3.63) is 0 Å². The fourth-order valence-electron chi connectivity index (χ4n) is 2.30. The van der Waals surface area contributed by atoms with Crippen LogP contribution in [0.5, 0.6) is 0 Å². The smallest absolute Gasteiger partial charge is 0.245 e. The molecular weight excluding hydrogens is 258 g/mol. The molecule has 0 aromatic heterocycles. The second-order valence-corrected chi connectivity index (χ2v) is 5.54. The Morgan fingerprint density at radius 1 is 1.35 bits per heavy atom. The number of nitrogens with one attached hydrogen (secondary N) is 1. The molecule has 20 heavy (non-hydrogen) atoms. The SMILES string of the molecule is CCCC(C)(N)C(=O)NC(CC)C(=O)N1CCOCC1. The molecule has 2 atom stereocenters. The lowest BCUT2D eigenvalue weighted by molar-refractivity contribution is -0.140. The molecule has 0 aliphatic carbocycles. The van der Waals surface area contributed by atoms with Crippen LogP contribution in [-0.2, 0) is 14.3 Å². The Morgan fingerprint density at radius 2 is 1.95 bits per heavy atom. The van der Waals surface area contributed by atoms with E-state index in [9.17, 15) is 9.59 Å². The normalized spacial score (nSPS) is 20.1. The maximum atomic E-state index is 12.4. The summed E-state index contributed by atoms with van der Waals surface area (Å²) in [5, 5.41) is 2.79. The first kappa shape index (κ1) is 16.9. The van der Waals surface area contributed by atoms with Crippen molar-refractivity contribution in [2.45, 2.75) is 51.6 Å². The second kappa shape index (κ2) is 7.59. The lowest BCUT2D eigenvalue weighted by Gasteiger charge is -2.32. The molecule has 116 valence electrons. The molecule has 0 bridgehead atoms. The first-order valence-corrected chi connectivity index (χ1v) is 7.38. The van der Waals surface area contributed by atoms with Gasteiger partial charge in [-0.15, -0.1) is 0 Å². The van der Waals surface area contributed by atoms with Gasteiger partial charge in [0.25, 0.3) is 0 Å². The van der Waals surface area contributed by atoms with Crippen LogP contribution in [-0.4, -0.2) is 54.6 Å². The van der Waals surface area contributed by atoms with Gasteiger partial charge in [-0.2, -0.15) is 0 Å². The van der Waals surface area contributed by atoms with Gasteiger partial charge in [0.1, 0.15) is 6.04 Å². The molecule has 1 rings (SSSR count). The summed E-state index contributed by atoms with van der Waals surface area (Å²) in [5.74, 6) is -0.302. The van der Waals surface area contributed by atoms with Crippen LogP contribution in [0.1, 0.15) is 40.0 Å². The Labute approximate surface area is 121 Å². The standard InChI is InChI=1S/C14H27N3O3/c1-4-6-14(3,15)13(19)16-11(5-2)12(18)17-7-9-20-10-8-17/h11H,4-10,15H2,1-3H3,(H,16,19). The molecule has 1 fully saturated rings. The van der Waals surface area contributed by atoms with Gasteiger partial charge >= 0.3 is 0 Å². The number of nitrogens with two attached hydrogens (primary N) is 1. The summed E-state index contributed by atoms with van der Waals surface area (Å²) in [6, 6.07) is -0.500. The van der Waals surface area contributed by atoms with E-state index >= 15 is 0 Å². The van der Waals surface area contributed by atoms with Crippen molar-refractivity contribution in [3.8, 4) is 0 Å². The van der Waals surface area contributed by atoms with Crippen molar-refractivity contribution in [1.29, 1.82) is 0 Å². The van der Waals surface area contributed by atoms with E-state index in [2.05, 4.69) is 5.32 Å². The summed E-state index contributed by atoms with van der Waals surface area (Å²) in [6.07, 6.45) is 1.99. The molecular formula is C14H27N3O3. The van der Waals surface area contributed by atoms with E-state index in [1.807, 2.05) is 13.8 Å². The molecule has 6 nitrogen and oxygen atoms in total. The highest BCUT2D eigenvalue weighted by Gasteiger charge is 2.32. The minimum Gasteiger partial charge on any atom is -0.378 e. The molecule has 2 unspecified atom stereocenters. The molecule has 6 heteroatoms. The van der Waals surface area contributed by atoms with E-state index in [0.29, 0.717) is 39.1 Å². The first-order valence-electron chi connectivity index (χ1n) is 7.38. The minimum atomic E-state index is -0.923. The zero-order chi connectivity index (χ0) is 15.2. The molecule has 3 N–H and O–H groups in total. The number of carbonyl (C=O) groups is 2. The predicted octanol–water partition coefficient (Wildman–Crippen LogP) is 0.258. The molecule has 0 aromatic rings. The van der Waals surface area contributed by atoms with Crippen LogP contribution in [0.3, 0.4) is 0 Å². The molecule has 0 aromatic carbocycles. The molecule has 0 radical (unpaired) electrons. The number of amides is 2. The van der Waals surface area contributed by atoms with Crippen LogP contribution in [0, 0.1) is 0 Å². The predicted molar refractivity (Wildman–Crippen MR) is 77.1 cm³/mol. The molecule has 0 spiro atoms. The summed E-state index contributed by atoms with van der Waals surface area (Å²) < 4.78 is 5.23. The summed E-state index contributed by atoms with van der Waals surface area (Å²) in [6.45, 7) is 7.85. The van der Waals surface area contributed by atoms with E-state index in [1.54, 1.807) is 11.8 Å². The largest absolute Gasteiger partial charge is 0.378 e. The zero-order valence-corrected chi connectivity index (χ0v) is 12.8. The number of ether oxygens (including phenoxy) is 1. The summed E-state index contributed by atoms with van der Waals surface area (Å²) in [7, 11) is 0. The molecule has 2 amide bonds. The average molecular weight is 285 g/mol. The maximum absolute atomic E-state index is 12.4. The second-order valence-electron chi connectivity index (χ2n) is 5.54. The highest BCUT2D eigenvalue weighted by Crippen LogP contribution is 2.10. The van der Waals surface area contributed by atoms with Crippen LogP contribution in [0.15, 0.2) is 0 Å². The van der Waals surface area contributed by atoms with Gasteiger partial charge in [0.05, 0.1) is 18.8 Å². The van der Waals surface area contributed by atoms with Crippen molar-refractivity contribution in [2.75, 3.05) is 26.3 Å². The van der Waals surface area contributed by atoms with E-state index in [1.165, 1.54) is 0 Å². The fourth-order valence-corrected chi connectivity index (χ4v) is 2.30. The molecule has 1 aliphatic rings. The fraction of sp³-hybridized carbons (Fsp3) is 0.857. The van der Waals surface area contributed by atoms with Crippen molar-refractivity contribution in [1.82, 2.24) is 10.2 Å². The third kappa shape index (κ3) is 4.45. The van der Waals surface area contributed by atoms with E-state index < -0.39 is 11.6 Å². The summed E-state index contributed by atoms with van der Waals surface area (Å²) in [5.41, 5.74) is 5.07. The van der Waals surface area contributed by atoms with Gasteiger partial charge in [-0.05, 0) is 19.8 Å². The van der Waals surface area contributed by atoms with Crippen molar-refractivity contribution in [2.24, 2.45) is 5.73 Å². The van der Waals surface area contributed by atoms with Gasteiger partial charge in [0, 0.05) is 13.1 Å². The lowest BCUT2D eigenvalue weighted by Crippen LogP contribution is -2.58. The molecule has 1 saturated heterocycles. The highest BCUT2D eigenvalue weighted by atomic mass is 16.5. The first-order chi connectivity index (χ1) is 9.42. The third-order valence-electron chi connectivity index (χ3n) is 3.62. The zero-order valence-electron chi connectivity index (χ0n) is 12.8. The quantitative estimate of drug-likeness (QED) is 0.733. The van der Waals surface area contributed by atoms with Crippen LogP contribution in [0.2, 0.25) is 0 Å². The number of hydrogen-bond acceptors (Lipinski definition) is 4. The number of rotatable bonds is 6. The Bertz CT molecular complexity index is 339. The van der Waals surface area contributed by atoms with Gasteiger partial charge in [-0.3, -0.25) is 9.59 Å². The summed E-state index contributed by atoms with van der Waals surface area (Å²) in [4.78, 5) is 26.3. The Kier molecular flexibility index (Phi) is 6.42. The van der Waals surface area contributed by atoms with Crippen LogP contribution >= 0.6 is 0 Å². The Hall–Kier alpha value is -1.14. The topological polar surface area (TPSA) is 84.7 Å². The number of carbonyl (C=O) groups excluding carboxylic acids is 2. The van der Waals surface area contributed by atoms with Gasteiger partial charge in [0.2, 0.25) is 11.8 Å². The molecule has 1 aliphatic heterocycles. The van der Waals surface area contributed by atoms with Crippen LogP contribution in [0.4, 0.5) is 0 Å². The number of nitrogens with zero attached hydrogens (tertiary/aromatic N) is 1. The number of hydrogen-bond donors (Lipinski definition) is 2. The lowest BCUT2D eigenvalue weighted by atomic mass is 9.96. The van der Waals surface area contributed by atoms with Gasteiger partial charge in [0.15, 0.2) is 0 Å². The van der Waals surface area contributed by atoms with Gasteiger partial charge in [-0.25, -0.2) is 0 Å². The highest BCUT2D eigenvalue weighted by molar-refractivity contribution is 5.91. The van der Waals surface area contributed by atoms with Crippen molar-refractivity contribution >= 4 is 11.8 Å². The van der Waals surface area contributed by atoms with Crippen LogP contribution < -0.4 is 11.1 Å². The van der Waals surface area contributed by atoms with E-state index in [4.69, 9.17) is 10.5 Å². The maximum Gasteiger partial charge on any atom is 0.245 e.